The smallest absolute Gasteiger partial charge is 0.335 e. The molecule has 0 saturated carbocycles. The summed E-state index contributed by atoms with van der Waals surface area (Å²) < 4.78 is 12.0. The molecule has 160 valence electrons. The van der Waals surface area contributed by atoms with E-state index in [1.807, 2.05) is 31.2 Å². The highest BCUT2D eigenvalue weighted by molar-refractivity contribution is 6.03. The Morgan fingerprint density at radius 3 is 2.58 bits per heavy atom. The van der Waals surface area contributed by atoms with Crippen LogP contribution >= 0.6 is 0 Å². The molecule has 31 heavy (non-hydrogen) atoms. The molecule has 1 aliphatic rings. The number of nitrogens with zero attached hydrogens (tertiary/aromatic N) is 2. The first-order valence-corrected chi connectivity index (χ1v) is 9.81. The number of ether oxygens (including phenoxy) is 2. The Morgan fingerprint density at radius 1 is 1.13 bits per heavy atom. The molecule has 2 heterocycles. The number of H-pyrrole nitrogens is 1. The van der Waals surface area contributed by atoms with Gasteiger partial charge in [-0.1, -0.05) is 30.3 Å². The minimum atomic E-state index is -0.777. The number of hydrogen-bond acceptors (Lipinski definition) is 7. The van der Waals surface area contributed by atoms with Crippen LogP contribution in [0.2, 0.25) is 0 Å². The van der Waals surface area contributed by atoms with Gasteiger partial charge in [-0.25, -0.2) is 9.36 Å². The van der Waals surface area contributed by atoms with Gasteiger partial charge in [-0.15, -0.1) is 0 Å². The number of hydrogen-bond donors (Lipinski definition) is 3. The molecule has 0 unspecified atom stereocenters. The Morgan fingerprint density at radius 2 is 1.84 bits per heavy atom. The molecule has 1 aliphatic heterocycles. The van der Waals surface area contributed by atoms with Crippen LogP contribution in [0, 0.1) is 0 Å². The molecule has 0 saturated heterocycles. The Kier molecular flexibility index (Phi) is 5.48. The van der Waals surface area contributed by atoms with Gasteiger partial charge >= 0.3 is 5.69 Å². The van der Waals surface area contributed by atoms with E-state index in [-0.39, 0.29) is 11.6 Å². The van der Waals surface area contributed by atoms with Gasteiger partial charge in [0.25, 0.3) is 5.56 Å². The van der Waals surface area contributed by atoms with Crippen LogP contribution in [0.1, 0.15) is 30.5 Å². The zero-order valence-corrected chi connectivity index (χ0v) is 17.1. The average molecular weight is 422 g/mol. The van der Waals surface area contributed by atoms with Gasteiger partial charge in [-0.05, 0) is 25.1 Å². The molecular formula is C22H22N4O5. The number of aromatic amines is 1. The number of aromatic hydroxyl groups is 1. The third kappa shape index (κ3) is 3.65. The second kappa shape index (κ2) is 8.39. The van der Waals surface area contributed by atoms with Crippen molar-refractivity contribution < 1.29 is 14.6 Å². The van der Waals surface area contributed by atoms with Gasteiger partial charge < -0.3 is 20.0 Å². The van der Waals surface area contributed by atoms with Crippen LogP contribution in [0.5, 0.6) is 17.4 Å². The van der Waals surface area contributed by atoms with Crippen LogP contribution in [-0.2, 0) is 0 Å². The van der Waals surface area contributed by atoms with Gasteiger partial charge in [-0.2, -0.15) is 5.10 Å². The van der Waals surface area contributed by atoms with E-state index in [0.717, 1.165) is 15.9 Å². The molecule has 9 heteroatoms. The van der Waals surface area contributed by atoms with Gasteiger partial charge in [0, 0.05) is 12.0 Å². The molecule has 1 atom stereocenters. The quantitative estimate of drug-likeness (QED) is 0.560. The van der Waals surface area contributed by atoms with Gasteiger partial charge in [-0.3, -0.25) is 9.78 Å². The predicted molar refractivity (Wildman–Crippen MR) is 116 cm³/mol. The van der Waals surface area contributed by atoms with Crippen molar-refractivity contribution in [2.45, 2.75) is 19.4 Å². The van der Waals surface area contributed by atoms with E-state index >= 15 is 0 Å². The molecule has 1 aromatic heterocycles. The molecule has 4 rings (SSSR count). The van der Waals surface area contributed by atoms with Crippen molar-refractivity contribution >= 4 is 5.71 Å². The lowest BCUT2D eigenvalue weighted by atomic mass is 9.99. The zero-order valence-electron chi connectivity index (χ0n) is 17.1. The van der Waals surface area contributed by atoms with Gasteiger partial charge in [0.1, 0.15) is 17.1 Å². The highest BCUT2D eigenvalue weighted by Crippen LogP contribution is 2.33. The fourth-order valence-corrected chi connectivity index (χ4v) is 3.66. The SMILES string of the molecule is CCOc1ccccc1[C@H]1CC(c2c(O)n(-c3ccccc3OC)c(=O)[nH]c2=O)=NN1. The molecule has 3 aromatic rings. The van der Waals surface area contributed by atoms with Crippen LogP contribution in [0.15, 0.2) is 63.2 Å². The third-order valence-electron chi connectivity index (χ3n) is 5.05. The van der Waals surface area contributed by atoms with Crippen molar-refractivity contribution in [2.75, 3.05) is 13.7 Å². The number of methoxy groups -OCH3 is 1. The number of nitrogens with one attached hydrogen (secondary N) is 2. The Hall–Kier alpha value is -4.01. The van der Waals surface area contributed by atoms with E-state index in [9.17, 15) is 14.7 Å². The number of rotatable bonds is 6. The van der Waals surface area contributed by atoms with Crippen molar-refractivity contribution in [3.8, 4) is 23.1 Å². The molecule has 0 amide bonds. The predicted octanol–water partition coefficient (Wildman–Crippen LogP) is 2.08. The van der Waals surface area contributed by atoms with Crippen LogP contribution in [-0.4, -0.2) is 34.1 Å². The van der Waals surface area contributed by atoms with Crippen molar-refractivity contribution in [1.29, 1.82) is 0 Å². The topological polar surface area (TPSA) is 118 Å². The lowest BCUT2D eigenvalue weighted by molar-refractivity contribution is 0.332. The zero-order chi connectivity index (χ0) is 22.0. The molecule has 0 bridgehead atoms. The minimum absolute atomic E-state index is 0.0746. The molecular weight excluding hydrogens is 400 g/mol. The first-order valence-electron chi connectivity index (χ1n) is 9.81. The molecule has 3 N–H and O–H groups in total. The summed E-state index contributed by atoms with van der Waals surface area (Å²) in [7, 11) is 1.46. The molecule has 0 spiro atoms. The van der Waals surface area contributed by atoms with E-state index in [1.165, 1.54) is 7.11 Å². The fraction of sp³-hybridized carbons (Fsp3) is 0.227. The number of para-hydroxylation sites is 3. The summed E-state index contributed by atoms with van der Waals surface area (Å²) in [6.45, 7) is 2.42. The third-order valence-corrected chi connectivity index (χ3v) is 5.05. The summed E-state index contributed by atoms with van der Waals surface area (Å²) in [5.41, 5.74) is 2.96. The molecule has 0 radical (unpaired) electrons. The van der Waals surface area contributed by atoms with Crippen LogP contribution in [0.4, 0.5) is 0 Å². The summed E-state index contributed by atoms with van der Waals surface area (Å²) in [6.07, 6.45) is 0.324. The standard InChI is InChI=1S/C22H22N4O5/c1-3-31-17-10-6-4-8-13(17)14-12-15(25-24-14)19-20(27)23-22(29)26(21(19)28)16-9-5-7-11-18(16)30-2/h4-11,14,24,28H,3,12H2,1-2H3,(H,23,27,29)/t14-/m1/s1. The summed E-state index contributed by atoms with van der Waals surface area (Å²) in [5, 5.41) is 15.2. The highest BCUT2D eigenvalue weighted by atomic mass is 16.5. The van der Waals surface area contributed by atoms with E-state index in [0.29, 0.717) is 30.2 Å². The lowest BCUT2D eigenvalue weighted by Gasteiger charge is -2.16. The molecule has 2 aromatic carbocycles. The maximum Gasteiger partial charge on any atom is 0.335 e. The Labute approximate surface area is 177 Å². The second-order valence-corrected chi connectivity index (χ2v) is 6.88. The maximum atomic E-state index is 12.6. The van der Waals surface area contributed by atoms with Crippen LogP contribution in [0.25, 0.3) is 5.69 Å². The first kappa shape index (κ1) is 20.3. The van der Waals surface area contributed by atoms with E-state index in [1.54, 1.807) is 24.3 Å². The maximum absolute atomic E-state index is 12.6. The van der Waals surface area contributed by atoms with Crippen LogP contribution < -0.4 is 26.1 Å². The second-order valence-electron chi connectivity index (χ2n) is 6.88. The van der Waals surface area contributed by atoms with Crippen molar-refractivity contribution in [2.24, 2.45) is 5.10 Å². The molecule has 0 aliphatic carbocycles. The monoisotopic (exact) mass is 422 g/mol. The molecule has 0 fully saturated rings. The van der Waals surface area contributed by atoms with Gasteiger partial charge in [0.05, 0.1) is 31.2 Å². The normalized spacial score (nSPS) is 15.3. The Bertz CT molecular complexity index is 1260. The summed E-state index contributed by atoms with van der Waals surface area (Å²) >= 11 is 0. The van der Waals surface area contributed by atoms with Gasteiger partial charge in [0.15, 0.2) is 0 Å². The summed E-state index contributed by atoms with van der Waals surface area (Å²) in [4.78, 5) is 27.4. The van der Waals surface area contributed by atoms with Crippen molar-refractivity contribution in [3.05, 3.63) is 80.5 Å². The average Bonchev–Trinajstić information content (AvgIpc) is 3.24. The fourth-order valence-electron chi connectivity index (χ4n) is 3.66. The largest absolute Gasteiger partial charge is 0.495 e. The van der Waals surface area contributed by atoms with Gasteiger partial charge in [0.2, 0.25) is 5.88 Å². The lowest BCUT2D eigenvalue weighted by Crippen LogP contribution is -2.33. The number of hydrazone groups is 1. The van der Waals surface area contributed by atoms with E-state index in [2.05, 4.69) is 15.5 Å². The van der Waals surface area contributed by atoms with Crippen molar-refractivity contribution in [1.82, 2.24) is 15.0 Å². The summed E-state index contributed by atoms with van der Waals surface area (Å²) in [5.74, 6) is 0.585. The number of benzene rings is 2. The number of aromatic nitrogens is 2. The minimum Gasteiger partial charge on any atom is -0.495 e. The first-order chi connectivity index (χ1) is 15.0. The highest BCUT2D eigenvalue weighted by Gasteiger charge is 2.29. The van der Waals surface area contributed by atoms with Crippen molar-refractivity contribution in [3.63, 3.8) is 0 Å². The van der Waals surface area contributed by atoms with E-state index in [4.69, 9.17) is 9.47 Å². The van der Waals surface area contributed by atoms with Crippen LogP contribution in [0.3, 0.4) is 0 Å². The molecule has 9 nitrogen and oxygen atoms in total. The Balaban J connectivity index is 1.75. The van der Waals surface area contributed by atoms with E-state index < -0.39 is 17.1 Å². The summed E-state index contributed by atoms with van der Waals surface area (Å²) in [6, 6.07) is 14.0.